The summed E-state index contributed by atoms with van der Waals surface area (Å²) in [5.74, 6) is 0.742. The molecule has 0 aromatic carbocycles. The summed E-state index contributed by atoms with van der Waals surface area (Å²) in [6, 6.07) is 0.181. The molecule has 1 amide bonds. The van der Waals surface area contributed by atoms with Gasteiger partial charge >= 0.3 is 0 Å². The van der Waals surface area contributed by atoms with E-state index in [1.165, 1.54) is 13.0 Å². The summed E-state index contributed by atoms with van der Waals surface area (Å²) >= 11 is 0. The lowest BCUT2D eigenvalue weighted by Gasteiger charge is -2.19. The van der Waals surface area contributed by atoms with Crippen LogP contribution >= 0.6 is 0 Å². The van der Waals surface area contributed by atoms with Crippen LogP contribution < -0.4 is 10.6 Å². The van der Waals surface area contributed by atoms with E-state index in [-0.39, 0.29) is 17.9 Å². The van der Waals surface area contributed by atoms with Gasteiger partial charge in [-0.05, 0) is 32.0 Å². The number of rotatable bonds is 6. The zero-order valence-corrected chi connectivity index (χ0v) is 12.2. The van der Waals surface area contributed by atoms with Gasteiger partial charge in [0, 0.05) is 19.1 Å². The van der Waals surface area contributed by atoms with Gasteiger partial charge in [-0.3, -0.25) is 4.79 Å². The maximum Gasteiger partial charge on any atom is 0.227 e. The van der Waals surface area contributed by atoms with E-state index in [1.54, 1.807) is 0 Å². The Hall–Kier alpha value is -0.650. The van der Waals surface area contributed by atoms with Crippen molar-refractivity contribution in [3.8, 4) is 0 Å². The molecule has 5 heteroatoms. The van der Waals surface area contributed by atoms with Crippen LogP contribution in [0.15, 0.2) is 0 Å². The van der Waals surface area contributed by atoms with E-state index in [0.29, 0.717) is 19.1 Å². The largest absolute Gasteiger partial charge is 0.379 e. The Labute approximate surface area is 116 Å². The summed E-state index contributed by atoms with van der Waals surface area (Å²) in [6.07, 6.45) is 1.20. The molecule has 19 heavy (non-hydrogen) atoms. The lowest BCUT2D eigenvalue weighted by Crippen LogP contribution is -2.45. The molecule has 5 nitrogen and oxygen atoms in total. The van der Waals surface area contributed by atoms with Gasteiger partial charge in [0.25, 0.3) is 0 Å². The van der Waals surface area contributed by atoms with Crippen LogP contribution in [0.4, 0.5) is 0 Å². The third kappa shape index (κ3) is 3.91. The van der Waals surface area contributed by atoms with Crippen molar-refractivity contribution < 1.29 is 9.53 Å². The SMILES string of the molecule is CCNC1COCC1C(=O)NCC1CCN(CC)C1. The Kier molecular flexibility index (Phi) is 5.60. The van der Waals surface area contributed by atoms with Gasteiger partial charge in [-0.15, -0.1) is 0 Å². The monoisotopic (exact) mass is 269 g/mol. The lowest BCUT2D eigenvalue weighted by molar-refractivity contribution is -0.125. The molecular formula is C14H27N3O2. The molecule has 0 bridgehead atoms. The minimum atomic E-state index is -0.0244. The number of nitrogens with one attached hydrogen (secondary N) is 2. The van der Waals surface area contributed by atoms with Crippen LogP contribution in [-0.2, 0) is 9.53 Å². The van der Waals surface area contributed by atoms with Crippen molar-refractivity contribution in [3.05, 3.63) is 0 Å². The summed E-state index contributed by atoms with van der Waals surface area (Å²) in [7, 11) is 0. The number of carbonyl (C=O) groups excluding carboxylic acids is 1. The first-order chi connectivity index (χ1) is 9.24. The molecule has 0 radical (unpaired) electrons. The van der Waals surface area contributed by atoms with Crippen LogP contribution in [0.5, 0.6) is 0 Å². The Bertz CT molecular complexity index is 298. The minimum Gasteiger partial charge on any atom is -0.379 e. The number of likely N-dealkylation sites (N-methyl/N-ethyl adjacent to an activating group) is 1. The van der Waals surface area contributed by atoms with Crippen molar-refractivity contribution in [1.29, 1.82) is 0 Å². The van der Waals surface area contributed by atoms with E-state index >= 15 is 0 Å². The van der Waals surface area contributed by atoms with E-state index in [4.69, 9.17) is 4.74 Å². The van der Waals surface area contributed by atoms with E-state index < -0.39 is 0 Å². The predicted octanol–water partition coefficient (Wildman–Crippen LogP) is 0.0689. The van der Waals surface area contributed by atoms with Gasteiger partial charge in [0.2, 0.25) is 5.91 Å². The quantitative estimate of drug-likeness (QED) is 0.716. The zero-order valence-electron chi connectivity index (χ0n) is 12.2. The van der Waals surface area contributed by atoms with Crippen LogP contribution in [0.2, 0.25) is 0 Å². The zero-order chi connectivity index (χ0) is 13.7. The highest BCUT2D eigenvalue weighted by Crippen LogP contribution is 2.16. The van der Waals surface area contributed by atoms with Crippen molar-refractivity contribution in [3.63, 3.8) is 0 Å². The topological polar surface area (TPSA) is 53.6 Å². The molecule has 2 saturated heterocycles. The first-order valence-electron chi connectivity index (χ1n) is 7.55. The van der Waals surface area contributed by atoms with Crippen molar-refractivity contribution in [2.45, 2.75) is 26.3 Å². The maximum absolute atomic E-state index is 12.2. The van der Waals surface area contributed by atoms with Crippen LogP contribution in [0, 0.1) is 11.8 Å². The molecule has 2 aliphatic heterocycles. The van der Waals surface area contributed by atoms with Crippen molar-refractivity contribution in [2.24, 2.45) is 11.8 Å². The third-order valence-electron chi connectivity index (χ3n) is 4.27. The van der Waals surface area contributed by atoms with Crippen molar-refractivity contribution in [2.75, 3.05) is 45.9 Å². The first kappa shape index (κ1) is 14.8. The molecule has 0 aromatic rings. The fourth-order valence-corrected chi connectivity index (χ4v) is 3.02. The second-order valence-corrected chi connectivity index (χ2v) is 5.60. The third-order valence-corrected chi connectivity index (χ3v) is 4.27. The number of ether oxygens (including phenoxy) is 1. The highest BCUT2D eigenvalue weighted by Gasteiger charge is 2.33. The predicted molar refractivity (Wildman–Crippen MR) is 75.0 cm³/mol. The Balaban J connectivity index is 1.72. The van der Waals surface area contributed by atoms with E-state index in [1.807, 2.05) is 0 Å². The van der Waals surface area contributed by atoms with Crippen molar-refractivity contribution in [1.82, 2.24) is 15.5 Å². The van der Waals surface area contributed by atoms with Gasteiger partial charge in [0.05, 0.1) is 19.1 Å². The fourth-order valence-electron chi connectivity index (χ4n) is 3.02. The van der Waals surface area contributed by atoms with Crippen LogP contribution in [0.3, 0.4) is 0 Å². The number of hydrogen-bond donors (Lipinski definition) is 2. The Morgan fingerprint density at radius 3 is 2.89 bits per heavy atom. The van der Waals surface area contributed by atoms with Gasteiger partial charge in [-0.25, -0.2) is 0 Å². The number of nitrogens with zero attached hydrogens (tertiary/aromatic N) is 1. The van der Waals surface area contributed by atoms with Crippen molar-refractivity contribution >= 4 is 5.91 Å². The standard InChI is InChI=1S/C14H27N3O2/c1-3-15-13-10-19-9-12(13)14(18)16-7-11-5-6-17(4-2)8-11/h11-13,15H,3-10H2,1-2H3,(H,16,18). The molecule has 2 aliphatic rings. The molecule has 0 aliphatic carbocycles. The highest BCUT2D eigenvalue weighted by molar-refractivity contribution is 5.79. The molecule has 3 atom stereocenters. The molecule has 110 valence electrons. The van der Waals surface area contributed by atoms with Gasteiger partial charge < -0.3 is 20.3 Å². The molecule has 3 unspecified atom stereocenters. The Morgan fingerprint density at radius 1 is 1.37 bits per heavy atom. The molecule has 2 fully saturated rings. The van der Waals surface area contributed by atoms with Crippen LogP contribution in [-0.4, -0.2) is 62.8 Å². The molecular weight excluding hydrogens is 242 g/mol. The van der Waals surface area contributed by atoms with Crippen LogP contribution in [0.25, 0.3) is 0 Å². The Morgan fingerprint density at radius 2 is 2.21 bits per heavy atom. The minimum absolute atomic E-state index is 0.0244. The maximum atomic E-state index is 12.2. The van der Waals surface area contributed by atoms with E-state index in [2.05, 4.69) is 29.4 Å². The lowest BCUT2D eigenvalue weighted by atomic mass is 10.0. The summed E-state index contributed by atoms with van der Waals surface area (Å²) < 4.78 is 5.42. The fraction of sp³-hybridized carbons (Fsp3) is 0.929. The first-order valence-corrected chi connectivity index (χ1v) is 7.55. The summed E-state index contributed by atoms with van der Waals surface area (Å²) in [5.41, 5.74) is 0. The van der Waals surface area contributed by atoms with E-state index in [0.717, 1.165) is 26.2 Å². The average molecular weight is 269 g/mol. The summed E-state index contributed by atoms with van der Waals surface area (Å²) in [5, 5.41) is 6.44. The summed E-state index contributed by atoms with van der Waals surface area (Å²) in [4.78, 5) is 14.6. The molecule has 0 saturated carbocycles. The van der Waals surface area contributed by atoms with Gasteiger partial charge in [0.1, 0.15) is 0 Å². The van der Waals surface area contributed by atoms with Crippen LogP contribution in [0.1, 0.15) is 20.3 Å². The molecule has 0 aromatic heterocycles. The van der Waals surface area contributed by atoms with Gasteiger partial charge in [0.15, 0.2) is 0 Å². The molecule has 2 heterocycles. The number of carbonyl (C=O) groups is 1. The average Bonchev–Trinajstić information content (AvgIpc) is 3.05. The number of amides is 1. The smallest absolute Gasteiger partial charge is 0.227 e. The molecule has 2 rings (SSSR count). The molecule has 2 N–H and O–H groups in total. The second kappa shape index (κ2) is 7.22. The van der Waals surface area contributed by atoms with Gasteiger partial charge in [-0.2, -0.15) is 0 Å². The van der Waals surface area contributed by atoms with Gasteiger partial charge in [-0.1, -0.05) is 13.8 Å². The second-order valence-electron chi connectivity index (χ2n) is 5.60. The molecule has 0 spiro atoms. The number of hydrogen-bond acceptors (Lipinski definition) is 4. The normalized spacial score (nSPS) is 31.8. The van der Waals surface area contributed by atoms with E-state index in [9.17, 15) is 4.79 Å². The summed E-state index contributed by atoms with van der Waals surface area (Å²) in [6.45, 7) is 10.6. The number of likely N-dealkylation sites (tertiary alicyclic amines) is 1. The highest BCUT2D eigenvalue weighted by atomic mass is 16.5.